The molecule has 0 fully saturated rings. The van der Waals surface area contributed by atoms with Crippen molar-refractivity contribution in [2.45, 2.75) is 0 Å². The minimum atomic E-state index is 0.896. The van der Waals surface area contributed by atoms with Crippen LogP contribution in [-0.2, 0) is 0 Å². The molecule has 0 saturated carbocycles. The Morgan fingerprint density at radius 3 is 1.00 bits per heavy atom. The lowest BCUT2D eigenvalue weighted by Gasteiger charge is -2.23. The molecule has 4 nitrogen and oxygen atoms in total. The number of aliphatic imine (C=N–C) groups is 2. The average molecular weight is 971 g/mol. The van der Waals surface area contributed by atoms with Crippen LogP contribution in [0.5, 0.6) is 0 Å². The highest BCUT2D eigenvalue weighted by Crippen LogP contribution is 2.48. The first-order valence-electron chi connectivity index (χ1n) is 23.0. The summed E-state index contributed by atoms with van der Waals surface area (Å²) in [6.07, 6.45) is 4.04. The van der Waals surface area contributed by atoms with Gasteiger partial charge in [0.25, 0.3) is 0 Å². The van der Waals surface area contributed by atoms with Gasteiger partial charge in [-0.3, -0.25) is 9.98 Å². The molecule has 8 heteroatoms. The second kappa shape index (κ2) is 19.6. The molecule has 12 rings (SSSR count). The van der Waals surface area contributed by atoms with Crippen molar-refractivity contribution in [1.82, 2.24) is 0 Å². The van der Waals surface area contributed by atoms with E-state index >= 15 is 0 Å². The van der Waals surface area contributed by atoms with Gasteiger partial charge in [0.2, 0.25) is 0 Å². The van der Waals surface area contributed by atoms with Crippen LogP contribution in [0.3, 0.4) is 0 Å². The first-order chi connectivity index (χ1) is 34.7. The first-order valence-corrected chi connectivity index (χ1v) is 26.3. The van der Waals surface area contributed by atoms with Gasteiger partial charge in [-0.15, -0.1) is 45.3 Å². The van der Waals surface area contributed by atoms with Gasteiger partial charge in [-0.25, -0.2) is 0 Å². The number of benzene rings is 8. The van der Waals surface area contributed by atoms with E-state index in [0.717, 1.165) is 86.6 Å². The van der Waals surface area contributed by atoms with Crippen LogP contribution in [0.4, 0.5) is 44.1 Å². The summed E-state index contributed by atoms with van der Waals surface area (Å²) in [6.45, 7) is 0. The third-order valence-corrected chi connectivity index (χ3v) is 16.7. The van der Waals surface area contributed by atoms with Crippen LogP contribution in [0.25, 0.3) is 52.2 Å². The molecule has 334 valence electrons. The fourth-order valence-corrected chi connectivity index (χ4v) is 12.9. The Kier molecular flexibility index (Phi) is 12.1. The summed E-state index contributed by atoms with van der Waals surface area (Å²) in [5.41, 5.74) is 8.46. The minimum absolute atomic E-state index is 0.896. The van der Waals surface area contributed by atoms with Gasteiger partial charge < -0.3 is 9.80 Å². The van der Waals surface area contributed by atoms with E-state index in [1.54, 1.807) is 45.3 Å². The van der Waals surface area contributed by atoms with Crippen LogP contribution >= 0.6 is 45.3 Å². The molecule has 0 saturated heterocycles. The third-order valence-electron chi connectivity index (χ3n) is 12.1. The highest BCUT2D eigenvalue weighted by molar-refractivity contribution is 7.25. The number of fused-ring (bicyclic) bond motifs is 2. The fraction of sp³-hybridized carbons (Fsp3) is 0. The zero-order valence-electron chi connectivity index (χ0n) is 37.7. The quantitative estimate of drug-likeness (QED) is 0.108. The number of hydrogen-bond donors (Lipinski definition) is 0. The van der Waals surface area contributed by atoms with Crippen LogP contribution < -0.4 is 9.80 Å². The summed E-state index contributed by atoms with van der Waals surface area (Å²) in [7, 11) is 0. The Morgan fingerprint density at radius 2 is 0.614 bits per heavy atom. The van der Waals surface area contributed by atoms with E-state index in [4.69, 9.17) is 9.98 Å². The number of rotatable bonds is 13. The second-order valence-corrected chi connectivity index (χ2v) is 20.9. The van der Waals surface area contributed by atoms with Crippen molar-refractivity contribution < 1.29 is 0 Å². The maximum absolute atomic E-state index is 5.31. The Hall–Kier alpha value is -7.98. The molecule has 0 atom stereocenters. The third kappa shape index (κ3) is 8.81. The first kappa shape index (κ1) is 43.3. The largest absolute Gasteiger partial charge is 0.302 e. The van der Waals surface area contributed by atoms with E-state index < -0.39 is 0 Å². The fourth-order valence-electron chi connectivity index (χ4n) is 8.91. The molecular weight excluding hydrogens is 929 g/mol. The Balaban J connectivity index is 0.870. The Morgan fingerprint density at radius 1 is 0.286 bits per heavy atom. The molecule has 0 aliphatic rings. The number of anilines is 6. The topological polar surface area (TPSA) is 31.2 Å². The van der Waals surface area contributed by atoms with E-state index in [9.17, 15) is 0 Å². The zero-order valence-corrected chi connectivity index (χ0v) is 40.9. The Bertz CT molecular complexity index is 3460. The summed E-state index contributed by atoms with van der Waals surface area (Å²) in [4.78, 5) is 22.3. The maximum Gasteiger partial charge on any atom is 0.101 e. The molecule has 4 aromatic heterocycles. The lowest BCUT2D eigenvalue weighted by molar-refractivity contribution is 1.32. The van der Waals surface area contributed by atoms with Gasteiger partial charge in [-0.1, -0.05) is 133 Å². The van der Waals surface area contributed by atoms with Crippen LogP contribution in [0.1, 0.15) is 9.75 Å². The molecule has 70 heavy (non-hydrogen) atoms. The minimum Gasteiger partial charge on any atom is -0.302 e. The van der Waals surface area contributed by atoms with Crippen LogP contribution in [0, 0.1) is 0 Å². The molecular formula is C62H42N4S4. The smallest absolute Gasteiger partial charge is 0.101 e. The number of hydrogen-bond acceptors (Lipinski definition) is 8. The average Bonchev–Trinajstić information content (AvgIpc) is 4.28. The summed E-state index contributed by atoms with van der Waals surface area (Å²) < 4.78 is 0. The maximum atomic E-state index is 5.31. The van der Waals surface area contributed by atoms with Crippen molar-refractivity contribution in [2.24, 2.45) is 9.98 Å². The van der Waals surface area contributed by atoms with E-state index in [1.165, 1.54) is 19.5 Å². The molecule has 0 radical (unpaired) electrons. The van der Waals surface area contributed by atoms with E-state index in [-0.39, 0.29) is 0 Å². The molecule has 0 bridgehead atoms. The van der Waals surface area contributed by atoms with Crippen molar-refractivity contribution in [3.05, 3.63) is 252 Å². The van der Waals surface area contributed by atoms with Crippen molar-refractivity contribution >= 4 is 123 Å². The van der Waals surface area contributed by atoms with Gasteiger partial charge in [-0.05, 0) is 131 Å². The number of nitrogens with zero attached hydrogens (tertiary/aromatic N) is 4. The van der Waals surface area contributed by atoms with Crippen LogP contribution in [-0.4, -0.2) is 12.4 Å². The SMILES string of the molecule is C(=Nc1ccc2ccccc2c1-c1c(N=Cc2ccc(-c3ccc(N(c4ccccc4)c4ccccc4)s3)s2)ccc2ccccc12)c1ccc(-c2ccc(N(c3ccccc3)c3ccccc3)s2)s1. The molecule has 0 aliphatic carbocycles. The highest BCUT2D eigenvalue weighted by atomic mass is 32.1. The number of para-hydroxylation sites is 4. The van der Waals surface area contributed by atoms with E-state index in [0.29, 0.717) is 0 Å². The molecule has 0 aliphatic heterocycles. The zero-order chi connectivity index (χ0) is 46.6. The van der Waals surface area contributed by atoms with Gasteiger partial charge in [0, 0.05) is 75.6 Å². The van der Waals surface area contributed by atoms with Gasteiger partial charge in [0.05, 0.1) is 11.4 Å². The standard InChI is InChI=1S/C62H42N4S4/c1-5-19-45(20-6-1)65(46-21-7-2-8-22-46)59-39-37-57(69-59)55-35-31-49(67-55)41-63-53-33-29-43-17-13-15-27-51(43)61(53)62-52-28-16-14-18-44(52)30-34-54(62)64-42-50-32-36-56(68-50)58-38-40-60(70-58)66(47-23-9-3-10-24-47)48-25-11-4-12-26-48/h1-42H. The Labute approximate surface area is 423 Å². The van der Waals surface area contributed by atoms with E-state index in [1.807, 2.05) is 12.4 Å². The van der Waals surface area contributed by atoms with Crippen molar-refractivity contribution in [3.63, 3.8) is 0 Å². The summed E-state index contributed by atoms with van der Waals surface area (Å²) in [5.74, 6) is 0. The normalized spacial score (nSPS) is 11.6. The molecule has 8 aromatic carbocycles. The van der Waals surface area contributed by atoms with Gasteiger partial charge >= 0.3 is 0 Å². The number of thiophene rings is 4. The van der Waals surface area contributed by atoms with Crippen LogP contribution in [0.2, 0.25) is 0 Å². The van der Waals surface area contributed by atoms with Crippen molar-refractivity contribution in [1.29, 1.82) is 0 Å². The molecule has 12 aromatic rings. The summed E-state index contributed by atoms with van der Waals surface area (Å²) in [6, 6.07) is 85.9. The molecule has 0 spiro atoms. The van der Waals surface area contributed by atoms with Crippen molar-refractivity contribution in [3.8, 4) is 30.6 Å². The van der Waals surface area contributed by atoms with Gasteiger partial charge in [-0.2, -0.15) is 0 Å². The predicted octanol–water partition coefficient (Wildman–Crippen LogP) is 19.7. The molecule has 0 N–H and O–H groups in total. The van der Waals surface area contributed by atoms with Crippen molar-refractivity contribution in [2.75, 3.05) is 9.80 Å². The van der Waals surface area contributed by atoms with E-state index in [2.05, 4.69) is 252 Å². The van der Waals surface area contributed by atoms with Gasteiger partial charge in [0.1, 0.15) is 10.0 Å². The lowest BCUT2D eigenvalue weighted by Crippen LogP contribution is -2.07. The summed E-state index contributed by atoms with van der Waals surface area (Å²) >= 11 is 7.11. The summed E-state index contributed by atoms with van der Waals surface area (Å²) in [5, 5.41) is 6.91. The predicted molar refractivity (Wildman–Crippen MR) is 306 cm³/mol. The lowest BCUT2D eigenvalue weighted by atomic mass is 9.91. The van der Waals surface area contributed by atoms with Gasteiger partial charge in [0.15, 0.2) is 0 Å². The molecule has 0 amide bonds. The molecule has 0 unspecified atom stereocenters. The highest BCUT2D eigenvalue weighted by Gasteiger charge is 2.20. The monoisotopic (exact) mass is 970 g/mol. The second-order valence-electron chi connectivity index (χ2n) is 16.6. The molecule has 4 heterocycles. The van der Waals surface area contributed by atoms with Crippen LogP contribution in [0.15, 0.2) is 253 Å².